The van der Waals surface area contributed by atoms with Crippen molar-refractivity contribution in [3.63, 3.8) is 0 Å². The molecule has 1 aromatic rings. The van der Waals surface area contributed by atoms with E-state index >= 15 is 0 Å². The Kier molecular flexibility index (Phi) is 2.72. The van der Waals surface area contributed by atoms with Crippen molar-refractivity contribution in [2.24, 2.45) is 4.99 Å². The van der Waals surface area contributed by atoms with E-state index in [2.05, 4.69) is 50.0 Å². The molecule has 1 atom stereocenters. The Hall–Kier alpha value is -1.37. The fourth-order valence-corrected chi connectivity index (χ4v) is 2.13. The second kappa shape index (κ2) is 4.01. The van der Waals surface area contributed by atoms with Crippen LogP contribution in [0.25, 0.3) is 0 Å². The summed E-state index contributed by atoms with van der Waals surface area (Å²) in [5, 5.41) is 0. The molecule has 1 heterocycles. The average Bonchev–Trinajstić information content (AvgIpc) is 2.70. The van der Waals surface area contributed by atoms with Crippen LogP contribution in [0.1, 0.15) is 42.5 Å². The molecule has 0 spiro atoms. The molecule has 2 rings (SSSR count). The third-order valence-electron chi connectivity index (χ3n) is 2.90. The van der Waals surface area contributed by atoms with Gasteiger partial charge in [-0.25, -0.2) is 0 Å². The quantitative estimate of drug-likeness (QED) is 0.687. The lowest BCUT2D eigenvalue weighted by atomic mass is 9.90. The Morgan fingerprint density at radius 2 is 2.07 bits per heavy atom. The molecule has 15 heavy (non-hydrogen) atoms. The van der Waals surface area contributed by atoms with Gasteiger partial charge in [0, 0.05) is 6.21 Å². The van der Waals surface area contributed by atoms with Gasteiger partial charge in [0.15, 0.2) is 0 Å². The van der Waals surface area contributed by atoms with Crippen molar-refractivity contribution in [2.75, 3.05) is 0 Å². The Balaban J connectivity index is 2.52. The third kappa shape index (κ3) is 1.87. The highest BCUT2D eigenvalue weighted by Crippen LogP contribution is 2.32. The van der Waals surface area contributed by atoms with Gasteiger partial charge in [0.2, 0.25) is 0 Å². The molecule has 1 aliphatic rings. The molecule has 1 aromatic carbocycles. The van der Waals surface area contributed by atoms with Crippen molar-refractivity contribution in [1.82, 2.24) is 0 Å². The molecule has 0 saturated carbocycles. The van der Waals surface area contributed by atoms with Gasteiger partial charge in [0.1, 0.15) is 0 Å². The van der Waals surface area contributed by atoms with Gasteiger partial charge in [0.25, 0.3) is 0 Å². The highest BCUT2D eigenvalue weighted by atomic mass is 14.8. The van der Waals surface area contributed by atoms with E-state index in [1.165, 1.54) is 16.7 Å². The topological polar surface area (TPSA) is 12.4 Å². The molecule has 1 unspecified atom stereocenters. The molecule has 0 fully saturated rings. The maximum Gasteiger partial charge on any atom is 0.0939 e. The van der Waals surface area contributed by atoms with Crippen molar-refractivity contribution < 1.29 is 0 Å². The van der Waals surface area contributed by atoms with Crippen LogP contribution in [0.3, 0.4) is 0 Å². The standard InChI is InChI=1S/C14H17N/c1-10(2)12-7-4-6-11(3)14(12)13-8-5-9-15-13/h4-10,13H,1-3H3. The van der Waals surface area contributed by atoms with Crippen LogP contribution < -0.4 is 0 Å². The van der Waals surface area contributed by atoms with Crippen LogP contribution in [0.2, 0.25) is 0 Å². The number of hydrogen-bond donors (Lipinski definition) is 0. The van der Waals surface area contributed by atoms with Gasteiger partial charge in [-0.05, 0) is 35.6 Å². The maximum atomic E-state index is 4.47. The summed E-state index contributed by atoms with van der Waals surface area (Å²) in [5.41, 5.74) is 4.15. The largest absolute Gasteiger partial charge is 0.281 e. The number of benzene rings is 1. The van der Waals surface area contributed by atoms with Crippen molar-refractivity contribution in [3.05, 3.63) is 47.0 Å². The predicted molar refractivity (Wildman–Crippen MR) is 65.6 cm³/mol. The lowest BCUT2D eigenvalue weighted by Crippen LogP contribution is -2.01. The minimum absolute atomic E-state index is 0.239. The number of hydrogen-bond acceptors (Lipinski definition) is 1. The van der Waals surface area contributed by atoms with E-state index in [4.69, 9.17) is 0 Å². The summed E-state index contributed by atoms with van der Waals surface area (Å²) in [4.78, 5) is 4.47. The van der Waals surface area contributed by atoms with Gasteiger partial charge in [-0.2, -0.15) is 0 Å². The molecule has 0 amide bonds. The minimum Gasteiger partial charge on any atom is -0.281 e. The van der Waals surface area contributed by atoms with Gasteiger partial charge < -0.3 is 0 Å². The Bertz CT molecular complexity index is 401. The summed E-state index contributed by atoms with van der Waals surface area (Å²) >= 11 is 0. The number of rotatable bonds is 2. The normalized spacial score (nSPS) is 19.1. The van der Waals surface area contributed by atoms with E-state index in [0.717, 1.165) is 0 Å². The molecule has 0 N–H and O–H groups in total. The van der Waals surface area contributed by atoms with Crippen LogP contribution in [-0.2, 0) is 0 Å². The van der Waals surface area contributed by atoms with Gasteiger partial charge in [0.05, 0.1) is 6.04 Å². The average molecular weight is 199 g/mol. The summed E-state index contributed by atoms with van der Waals surface area (Å²) in [6.45, 7) is 6.64. The van der Waals surface area contributed by atoms with Crippen LogP contribution in [-0.4, -0.2) is 6.21 Å². The van der Waals surface area contributed by atoms with Crippen molar-refractivity contribution in [1.29, 1.82) is 0 Å². The fraction of sp³-hybridized carbons (Fsp3) is 0.357. The van der Waals surface area contributed by atoms with Crippen molar-refractivity contribution in [2.45, 2.75) is 32.7 Å². The van der Waals surface area contributed by atoms with Gasteiger partial charge in [-0.3, -0.25) is 4.99 Å². The highest BCUT2D eigenvalue weighted by Gasteiger charge is 2.16. The van der Waals surface area contributed by atoms with E-state index < -0.39 is 0 Å². The molecule has 0 saturated heterocycles. The van der Waals surface area contributed by atoms with E-state index in [-0.39, 0.29) is 6.04 Å². The first-order chi connectivity index (χ1) is 7.20. The summed E-state index contributed by atoms with van der Waals surface area (Å²) < 4.78 is 0. The third-order valence-corrected chi connectivity index (χ3v) is 2.90. The highest BCUT2D eigenvalue weighted by molar-refractivity contribution is 5.74. The maximum absolute atomic E-state index is 4.47. The zero-order valence-electron chi connectivity index (χ0n) is 9.57. The molecule has 1 nitrogen and oxygen atoms in total. The molecule has 78 valence electrons. The van der Waals surface area contributed by atoms with Gasteiger partial charge in [-0.1, -0.05) is 38.1 Å². The first-order valence-corrected chi connectivity index (χ1v) is 5.49. The number of aliphatic imine (C=N–C) groups is 1. The number of aryl methyl sites for hydroxylation is 1. The number of allylic oxidation sites excluding steroid dienone is 1. The molecule has 0 bridgehead atoms. The van der Waals surface area contributed by atoms with Crippen LogP contribution in [0.15, 0.2) is 35.3 Å². The van der Waals surface area contributed by atoms with Gasteiger partial charge in [-0.15, -0.1) is 0 Å². The van der Waals surface area contributed by atoms with Crippen molar-refractivity contribution >= 4 is 6.21 Å². The Labute approximate surface area is 91.6 Å². The first-order valence-electron chi connectivity index (χ1n) is 5.49. The van der Waals surface area contributed by atoms with Crippen LogP contribution in [0, 0.1) is 6.92 Å². The monoisotopic (exact) mass is 199 g/mol. The first kappa shape index (κ1) is 10.2. The van der Waals surface area contributed by atoms with E-state index in [9.17, 15) is 0 Å². The van der Waals surface area contributed by atoms with Crippen LogP contribution >= 0.6 is 0 Å². The molecular weight excluding hydrogens is 182 g/mol. The lowest BCUT2D eigenvalue weighted by molar-refractivity contribution is 0.809. The summed E-state index contributed by atoms with van der Waals surface area (Å²) in [6.07, 6.45) is 6.08. The zero-order valence-corrected chi connectivity index (χ0v) is 9.57. The van der Waals surface area contributed by atoms with E-state index in [0.29, 0.717) is 5.92 Å². The van der Waals surface area contributed by atoms with Crippen LogP contribution in [0.4, 0.5) is 0 Å². The summed E-state index contributed by atoms with van der Waals surface area (Å²) in [6, 6.07) is 6.76. The molecular formula is C14H17N. The molecule has 1 aliphatic heterocycles. The van der Waals surface area contributed by atoms with Crippen LogP contribution in [0.5, 0.6) is 0 Å². The summed E-state index contributed by atoms with van der Waals surface area (Å²) in [7, 11) is 0. The second-order valence-corrected chi connectivity index (χ2v) is 4.36. The van der Waals surface area contributed by atoms with E-state index in [1.807, 2.05) is 12.3 Å². The SMILES string of the molecule is Cc1cccc(C(C)C)c1C1C=CC=N1. The Morgan fingerprint density at radius 1 is 1.27 bits per heavy atom. The smallest absolute Gasteiger partial charge is 0.0939 e. The van der Waals surface area contributed by atoms with E-state index in [1.54, 1.807) is 0 Å². The fourth-order valence-electron chi connectivity index (χ4n) is 2.13. The minimum atomic E-state index is 0.239. The Morgan fingerprint density at radius 3 is 2.67 bits per heavy atom. The van der Waals surface area contributed by atoms with Crippen molar-refractivity contribution in [3.8, 4) is 0 Å². The predicted octanol–water partition coefficient (Wildman–Crippen LogP) is 3.80. The molecule has 1 heteroatoms. The molecule has 0 radical (unpaired) electrons. The number of nitrogens with zero attached hydrogens (tertiary/aromatic N) is 1. The summed E-state index contributed by atoms with van der Waals surface area (Å²) in [5.74, 6) is 0.559. The second-order valence-electron chi connectivity index (χ2n) is 4.36. The lowest BCUT2D eigenvalue weighted by Gasteiger charge is -2.17. The van der Waals surface area contributed by atoms with Gasteiger partial charge >= 0.3 is 0 Å². The molecule has 0 aromatic heterocycles. The zero-order chi connectivity index (χ0) is 10.8. The molecule has 0 aliphatic carbocycles.